The average Bonchev–Trinajstić information content (AvgIpc) is 2.64. The summed E-state index contributed by atoms with van der Waals surface area (Å²) in [5.74, 6) is 2.53. The fourth-order valence-electron chi connectivity index (χ4n) is 6.33. The standard InChI is InChI=1S/C22H31N3O2/c1-23-21(27)25-20(26)19(18-5-3-2-4-6-18)24-8-7-22-12-15-9-16(13-22)11-17(10-15)14-22/h2-6,15-17,19,24H,7-14H2,1H3,(H2,23,25,26,27)/t15?,16?,17?,19-,22?/m1/s1. The number of urea groups is 1. The van der Waals surface area contributed by atoms with Gasteiger partial charge in [0.05, 0.1) is 0 Å². The average molecular weight is 370 g/mol. The Bertz CT molecular complexity index is 653. The van der Waals surface area contributed by atoms with Crippen molar-refractivity contribution < 1.29 is 9.59 Å². The van der Waals surface area contributed by atoms with Crippen LogP contribution < -0.4 is 16.0 Å². The second-order valence-electron chi connectivity index (χ2n) is 9.03. The summed E-state index contributed by atoms with van der Waals surface area (Å²) in [6.07, 6.45) is 9.62. The van der Waals surface area contributed by atoms with Crippen LogP contribution in [0.1, 0.15) is 56.6 Å². The van der Waals surface area contributed by atoms with E-state index in [2.05, 4.69) is 16.0 Å². The molecule has 4 saturated carbocycles. The van der Waals surface area contributed by atoms with Crippen molar-refractivity contribution in [2.75, 3.05) is 13.6 Å². The van der Waals surface area contributed by atoms with Crippen LogP contribution in [0.2, 0.25) is 0 Å². The molecular weight excluding hydrogens is 338 g/mol. The number of hydrogen-bond donors (Lipinski definition) is 3. The highest BCUT2D eigenvalue weighted by Crippen LogP contribution is 2.61. The summed E-state index contributed by atoms with van der Waals surface area (Å²) < 4.78 is 0. The zero-order valence-corrected chi connectivity index (χ0v) is 16.2. The van der Waals surface area contributed by atoms with E-state index in [-0.39, 0.29) is 5.91 Å². The summed E-state index contributed by atoms with van der Waals surface area (Å²) in [5, 5.41) is 8.32. The van der Waals surface area contributed by atoms with Gasteiger partial charge >= 0.3 is 6.03 Å². The molecule has 5 nitrogen and oxygen atoms in total. The Morgan fingerprint density at radius 1 is 1.04 bits per heavy atom. The third-order valence-electron chi connectivity index (χ3n) is 7.03. The SMILES string of the molecule is CNC(=O)NC(=O)[C@H](NCCC12CC3CC(CC(C3)C1)C2)c1ccccc1. The van der Waals surface area contributed by atoms with Crippen LogP contribution in [0.25, 0.3) is 0 Å². The van der Waals surface area contributed by atoms with Crippen molar-refractivity contribution in [3.63, 3.8) is 0 Å². The van der Waals surface area contributed by atoms with Gasteiger partial charge in [-0.3, -0.25) is 10.1 Å². The summed E-state index contributed by atoms with van der Waals surface area (Å²) in [7, 11) is 1.51. The minimum atomic E-state index is -0.502. The Morgan fingerprint density at radius 2 is 1.63 bits per heavy atom. The van der Waals surface area contributed by atoms with E-state index in [1.165, 1.54) is 45.6 Å². The molecule has 5 rings (SSSR count). The first-order valence-electron chi connectivity index (χ1n) is 10.4. The van der Waals surface area contributed by atoms with Crippen molar-refractivity contribution in [1.29, 1.82) is 0 Å². The van der Waals surface area contributed by atoms with Gasteiger partial charge < -0.3 is 10.6 Å². The lowest BCUT2D eigenvalue weighted by Crippen LogP contribution is -2.48. The van der Waals surface area contributed by atoms with Gasteiger partial charge in [-0.05, 0) is 80.2 Å². The molecule has 5 heteroatoms. The molecule has 1 aromatic carbocycles. The van der Waals surface area contributed by atoms with Gasteiger partial charge in [0.1, 0.15) is 6.04 Å². The number of benzene rings is 1. The van der Waals surface area contributed by atoms with E-state index in [1.807, 2.05) is 30.3 Å². The first kappa shape index (κ1) is 18.5. The summed E-state index contributed by atoms with van der Waals surface area (Å²) in [6.45, 7) is 0.812. The molecule has 4 aliphatic rings. The van der Waals surface area contributed by atoms with Gasteiger partial charge in [-0.1, -0.05) is 30.3 Å². The summed E-state index contributed by atoms with van der Waals surface area (Å²) in [5.41, 5.74) is 1.38. The van der Waals surface area contributed by atoms with Crippen molar-refractivity contribution in [1.82, 2.24) is 16.0 Å². The topological polar surface area (TPSA) is 70.2 Å². The maximum Gasteiger partial charge on any atom is 0.321 e. The van der Waals surface area contributed by atoms with E-state index in [9.17, 15) is 9.59 Å². The molecule has 0 heterocycles. The van der Waals surface area contributed by atoms with Gasteiger partial charge in [-0.2, -0.15) is 0 Å². The van der Waals surface area contributed by atoms with Crippen LogP contribution in [0.3, 0.4) is 0 Å². The molecule has 146 valence electrons. The van der Waals surface area contributed by atoms with Gasteiger partial charge in [-0.25, -0.2) is 4.79 Å². The van der Waals surface area contributed by atoms with E-state index in [0.717, 1.165) is 36.3 Å². The Morgan fingerprint density at radius 3 is 2.19 bits per heavy atom. The molecule has 1 aromatic rings. The largest absolute Gasteiger partial charge is 0.341 e. The lowest BCUT2D eigenvalue weighted by molar-refractivity contribution is -0.122. The molecule has 0 aliphatic heterocycles. The number of carbonyl (C=O) groups is 2. The Balaban J connectivity index is 1.40. The van der Waals surface area contributed by atoms with Crippen molar-refractivity contribution in [2.45, 2.75) is 51.0 Å². The molecule has 0 saturated heterocycles. The van der Waals surface area contributed by atoms with Crippen molar-refractivity contribution in [2.24, 2.45) is 23.2 Å². The van der Waals surface area contributed by atoms with E-state index < -0.39 is 12.1 Å². The minimum Gasteiger partial charge on any atom is -0.341 e. The predicted molar refractivity (Wildman–Crippen MR) is 105 cm³/mol. The molecule has 3 N–H and O–H groups in total. The van der Waals surface area contributed by atoms with E-state index in [0.29, 0.717) is 5.41 Å². The van der Waals surface area contributed by atoms with Gasteiger partial charge in [0.2, 0.25) is 5.91 Å². The summed E-state index contributed by atoms with van der Waals surface area (Å²) in [6, 6.07) is 8.69. The Hall–Kier alpha value is -1.88. The van der Waals surface area contributed by atoms with Crippen LogP contribution in [0.15, 0.2) is 30.3 Å². The molecule has 1 atom stereocenters. The molecule has 4 aliphatic carbocycles. The zero-order valence-electron chi connectivity index (χ0n) is 16.2. The number of amides is 3. The van der Waals surface area contributed by atoms with E-state index in [1.54, 1.807) is 0 Å². The third-order valence-corrected chi connectivity index (χ3v) is 7.03. The normalized spacial score (nSPS) is 32.1. The van der Waals surface area contributed by atoms with Crippen LogP contribution in [0, 0.1) is 23.2 Å². The monoisotopic (exact) mass is 369 g/mol. The van der Waals surface area contributed by atoms with Crippen LogP contribution >= 0.6 is 0 Å². The maximum atomic E-state index is 12.6. The molecule has 0 radical (unpaired) electrons. The first-order chi connectivity index (χ1) is 13.1. The maximum absolute atomic E-state index is 12.6. The zero-order chi connectivity index (χ0) is 18.9. The number of imide groups is 1. The highest BCUT2D eigenvalue weighted by molar-refractivity contribution is 5.97. The molecule has 0 unspecified atom stereocenters. The fourth-order valence-corrected chi connectivity index (χ4v) is 6.33. The van der Waals surface area contributed by atoms with Crippen LogP contribution in [-0.4, -0.2) is 25.5 Å². The van der Waals surface area contributed by atoms with Crippen LogP contribution in [-0.2, 0) is 4.79 Å². The molecule has 0 aromatic heterocycles. The molecule has 4 bridgehead atoms. The van der Waals surface area contributed by atoms with Gasteiger partial charge in [-0.15, -0.1) is 0 Å². The molecule has 4 fully saturated rings. The first-order valence-corrected chi connectivity index (χ1v) is 10.4. The second-order valence-corrected chi connectivity index (χ2v) is 9.03. The molecule has 27 heavy (non-hydrogen) atoms. The van der Waals surface area contributed by atoms with E-state index in [4.69, 9.17) is 0 Å². The number of rotatable bonds is 6. The van der Waals surface area contributed by atoms with Gasteiger partial charge in [0.25, 0.3) is 0 Å². The molecule has 3 amide bonds. The van der Waals surface area contributed by atoms with Crippen molar-refractivity contribution in [3.05, 3.63) is 35.9 Å². The summed E-state index contributed by atoms with van der Waals surface area (Å²) >= 11 is 0. The number of nitrogens with one attached hydrogen (secondary N) is 3. The highest BCUT2D eigenvalue weighted by atomic mass is 16.2. The highest BCUT2D eigenvalue weighted by Gasteiger charge is 2.50. The lowest BCUT2D eigenvalue weighted by Gasteiger charge is -2.57. The summed E-state index contributed by atoms with van der Waals surface area (Å²) in [4.78, 5) is 24.2. The van der Waals surface area contributed by atoms with Gasteiger partial charge in [0, 0.05) is 7.05 Å². The smallest absolute Gasteiger partial charge is 0.321 e. The predicted octanol–water partition coefficient (Wildman–Crippen LogP) is 3.38. The number of carbonyl (C=O) groups excluding carboxylic acids is 2. The van der Waals surface area contributed by atoms with Crippen molar-refractivity contribution >= 4 is 11.9 Å². The quantitative estimate of drug-likeness (QED) is 0.720. The Labute approximate surface area is 161 Å². The van der Waals surface area contributed by atoms with Crippen LogP contribution in [0.5, 0.6) is 0 Å². The number of hydrogen-bond acceptors (Lipinski definition) is 3. The third kappa shape index (κ3) is 4.03. The lowest BCUT2D eigenvalue weighted by atomic mass is 9.49. The minimum absolute atomic E-state index is 0.300. The Kier molecular flexibility index (Phi) is 5.22. The van der Waals surface area contributed by atoms with E-state index >= 15 is 0 Å². The molecular formula is C22H31N3O2. The second kappa shape index (κ2) is 7.63. The molecule has 0 spiro atoms. The van der Waals surface area contributed by atoms with Crippen molar-refractivity contribution in [3.8, 4) is 0 Å². The van der Waals surface area contributed by atoms with Crippen LogP contribution in [0.4, 0.5) is 4.79 Å². The fraction of sp³-hybridized carbons (Fsp3) is 0.636. The van der Waals surface area contributed by atoms with Gasteiger partial charge in [0.15, 0.2) is 0 Å².